The van der Waals surface area contributed by atoms with Crippen LogP contribution < -0.4 is 24.8 Å². The van der Waals surface area contributed by atoms with Gasteiger partial charge in [0.1, 0.15) is 11.6 Å². The van der Waals surface area contributed by atoms with Crippen molar-refractivity contribution >= 4 is 11.8 Å². The first-order chi connectivity index (χ1) is 13.7. The van der Waals surface area contributed by atoms with Gasteiger partial charge >= 0.3 is 0 Å². The molecule has 0 saturated carbocycles. The normalized spacial score (nSPS) is 10.2. The molecular weight excluding hydrogens is 356 g/mol. The van der Waals surface area contributed by atoms with Crippen LogP contribution >= 0.6 is 0 Å². The van der Waals surface area contributed by atoms with Gasteiger partial charge in [0, 0.05) is 24.8 Å². The van der Waals surface area contributed by atoms with E-state index in [1.807, 2.05) is 48.5 Å². The highest BCUT2D eigenvalue weighted by molar-refractivity contribution is 5.45. The molecule has 0 amide bonds. The summed E-state index contributed by atoms with van der Waals surface area (Å²) in [5, 5.41) is 6.53. The van der Waals surface area contributed by atoms with E-state index in [0.29, 0.717) is 30.5 Å². The fraction of sp³-hybridized carbons (Fsp3) is 0.238. The predicted molar refractivity (Wildman–Crippen MR) is 109 cm³/mol. The molecule has 0 spiro atoms. The van der Waals surface area contributed by atoms with E-state index >= 15 is 0 Å². The van der Waals surface area contributed by atoms with Crippen LogP contribution in [-0.2, 0) is 13.1 Å². The Labute approximate surface area is 164 Å². The van der Waals surface area contributed by atoms with Crippen LogP contribution in [0.1, 0.15) is 11.1 Å². The highest BCUT2D eigenvalue weighted by Crippen LogP contribution is 2.27. The quantitative estimate of drug-likeness (QED) is 0.586. The van der Waals surface area contributed by atoms with Crippen LogP contribution in [0.3, 0.4) is 0 Å². The number of ether oxygens (including phenoxy) is 3. The molecule has 0 unspecified atom stereocenters. The van der Waals surface area contributed by atoms with Crippen molar-refractivity contribution in [2.45, 2.75) is 13.1 Å². The lowest BCUT2D eigenvalue weighted by Crippen LogP contribution is -2.07. The number of rotatable bonds is 9. The van der Waals surface area contributed by atoms with Crippen molar-refractivity contribution in [1.82, 2.24) is 9.97 Å². The molecule has 7 nitrogen and oxygen atoms in total. The van der Waals surface area contributed by atoms with Crippen LogP contribution in [0.15, 0.2) is 54.7 Å². The average molecular weight is 380 g/mol. The second kappa shape index (κ2) is 9.45. The molecule has 28 heavy (non-hydrogen) atoms. The molecule has 0 fully saturated rings. The Morgan fingerprint density at radius 3 is 2.36 bits per heavy atom. The fourth-order valence-electron chi connectivity index (χ4n) is 2.75. The largest absolute Gasteiger partial charge is 0.496 e. The number of nitrogens with one attached hydrogen (secondary N) is 2. The Balaban J connectivity index is 1.62. The van der Waals surface area contributed by atoms with E-state index in [-0.39, 0.29) is 0 Å². The van der Waals surface area contributed by atoms with Crippen molar-refractivity contribution < 1.29 is 14.2 Å². The van der Waals surface area contributed by atoms with Crippen LogP contribution in [0.25, 0.3) is 0 Å². The minimum atomic E-state index is 0.545. The summed E-state index contributed by atoms with van der Waals surface area (Å²) in [5.41, 5.74) is 2.09. The van der Waals surface area contributed by atoms with Gasteiger partial charge in [-0.25, -0.2) is 4.98 Å². The molecule has 0 saturated heterocycles. The fourth-order valence-corrected chi connectivity index (χ4v) is 2.75. The number of nitrogens with zero attached hydrogens (tertiary/aromatic N) is 2. The summed E-state index contributed by atoms with van der Waals surface area (Å²) in [6, 6.07) is 15.5. The summed E-state index contributed by atoms with van der Waals surface area (Å²) in [4.78, 5) is 8.78. The molecule has 7 heteroatoms. The van der Waals surface area contributed by atoms with Crippen molar-refractivity contribution in [2.75, 3.05) is 32.0 Å². The minimum Gasteiger partial charge on any atom is -0.496 e. The van der Waals surface area contributed by atoms with Gasteiger partial charge in [-0.2, -0.15) is 4.98 Å². The third-order valence-corrected chi connectivity index (χ3v) is 4.21. The smallest absolute Gasteiger partial charge is 0.224 e. The van der Waals surface area contributed by atoms with E-state index in [0.717, 1.165) is 22.7 Å². The molecule has 1 aromatic heterocycles. The molecule has 0 atom stereocenters. The molecule has 2 aromatic carbocycles. The number of benzene rings is 2. The highest BCUT2D eigenvalue weighted by atomic mass is 16.5. The first-order valence-electron chi connectivity index (χ1n) is 8.87. The Morgan fingerprint density at radius 2 is 1.57 bits per heavy atom. The van der Waals surface area contributed by atoms with E-state index in [2.05, 4.69) is 20.6 Å². The van der Waals surface area contributed by atoms with Gasteiger partial charge in [-0.3, -0.25) is 0 Å². The SMILES string of the molecule is COc1ccccc1CNc1nccc(NCc2ccc(OC)c(OC)c2)n1. The average Bonchev–Trinajstić information content (AvgIpc) is 2.76. The lowest BCUT2D eigenvalue weighted by atomic mass is 10.2. The van der Waals surface area contributed by atoms with E-state index in [4.69, 9.17) is 14.2 Å². The Bertz CT molecular complexity index is 918. The maximum Gasteiger partial charge on any atom is 0.224 e. The van der Waals surface area contributed by atoms with Gasteiger partial charge in [-0.15, -0.1) is 0 Å². The van der Waals surface area contributed by atoms with Gasteiger partial charge in [0.2, 0.25) is 5.95 Å². The van der Waals surface area contributed by atoms with Crippen molar-refractivity contribution in [3.05, 3.63) is 65.9 Å². The summed E-state index contributed by atoms with van der Waals surface area (Å²) in [5.74, 6) is 3.51. The van der Waals surface area contributed by atoms with Crippen molar-refractivity contribution in [1.29, 1.82) is 0 Å². The number of anilines is 2. The van der Waals surface area contributed by atoms with Crippen LogP contribution in [0.4, 0.5) is 11.8 Å². The van der Waals surface area contributed by atoms with Gasteiger partial charge < -0.3 is 24.8 Å². The van der Waals surface area contributed by atoms with Gasteiger partial charge in [0.05, 0.1) is 21.3 Å². The maximum atomic E-state index is 5.37. The van der Waals surface area contributed by atoms with Crippen LogP contribution in [0.2, 0.25) is 0 Å². The Kier molecular flexibility index (Phi) is 6.51. The maximum absolute atomic E-state index is 5.37. The van der Waals surface area contributed by atoms with Crippen molar-refractivity contribution in [3.63, 3.8) is 0 Å². The van der Waals surface area contributed by atoms with E-state index in [9.17, 15) is 0 Å². The Morgan fingerprint density at radius 1 is 0.786 bits per heavy atom. The monoisotopic (exact) mass is 380 g/mol. The topological polar surface area (TPSA) is 77.5 Å². The lowest BCUT2D eigenvalue weighted by Gasteiger charge is -2.12. The van der Waals surface area contributed by atoms with Crippen LogP contribution in [0, 0.1) is 0 Å². The molecule has 0 radical (unpaired) electrons. The first kappa shape index (κ1) is 19.3. The third-order valence-electron chi connectivity index (χ3n) is 4.21. The van der Waals surface area contributed by atoms with Gasteiger partial charge in [0.25, 0.3) is 0 Å². The van der Waals surface area contributed by atoms with Gasteiger partial charge in [0.15, 0.2) is 11.5 Å². The first-order valence-corrected chi connectivity index (χ1v) is 8.87. The zero-order chi connectivity index (χ0) is 19.8. The van der Waals surface area contributed by atoms with Gasteiger partial charge in [-0.05, 0) is 29.8 Å². The molecule has 3 aromatic rings. The summed E-state index contributed by atoms with van der Waals surface area (Å²) in [6.07, 6.45) is 1.72. The summed E-state index contributed by atoms with van der Waals surface area (Å²) in [7, 11) is 4.91. The number of aromatic nitrogens is 2. The summed E-state index contributed by atoms with van der Waals surface area (Å²) >= 11 is 0. The molecule has 146 valence electrons. The van der Waals surface area contributed by atoms with Gasteiger partial charge in [-0.1, -0.05) is 24.3 Å². The second-order valence-electron chi connectivity index (χ2n) is 5.97. The number of methoxy groups -OCH3 is 3. The van der Waals surface area contributed by atoms with Crippen LogP contribution in [-0.4, -0.2) is 31.3 Å². The molecule has 0 aliphatic heterocycles. The predicted octanol–water partition coefficient (Wildman–Crippen LogP) is 3.73. The molecule has 0 aliphatic rings. The summed E-state index contributed by atoms with van der Waals surface area (Å²) < 4.78 is 16.0. The van der Waals surface area contributed by atoms with Crippen molar-refractivity contribution in [2.24, 2.45) is 0 Å². The Hall–Kier alpha value is -3.48. The summed E-state index contributed by atoms with van der Waals surface area (Å²) in [6.45, 7) is 1.17. The van der Waals surface area contributed by atoms with Crippen LogP contribution in [0.5, 0.6) is 17.2 Å². The van der Waals surface area contributed by atoms with E-state index < -0.39 is 0 Å². The molecule has 3 rings (SSSR count). The number of hydrogen-bond acceptors (Lipinski definition) is 7. The number of para-hydroxylation sites is 1. The van der Waals surface area contributed by atoms with E-state index in [1.165, 1.54) is 0 Å². The minimum absolute atomic E-state index is 0.545. The zero-order valence-electron chi connectivity index (χ0n) is 16.2. The second-order valence-corrected chi connectivity index (χ2v) is 5.97. The highest BCUT2D eigenvalue weighted by Gasteiger charge is 2.06. The molecule has 0 bridgehead atoms. The molecule has 2 N–H and O–H groups in total. The molecular formula is C21H24N4O3. The zero-order valence-corrected chi connectivity index (χ0v) is 16.2. The molecule has 0 aliphatic carbocycles. The van der Waals surface area contributed by atoms with Crippen molar-refractivity contribution in [3.8, 4) is 17.2 Å². The number of hydrogen-bond donors (Lipinski definition) is 2. The molecule has 1 heterocycles. The standard InChI is InChI=1S/C21H24N4O3/c1-26-17-7-5-4-6-16(17)14-24-21-22-11-10-20(25-21)23-13-15-8-9-18(27-2)19(12-15)28-3/h4-12H,13-14H2,1-3H3,(H2,22,23,24,25). The lowest BCUT2D eigenvalue weighted by molar-refractivity contribution is 0.354. The van der Waals surface area contributed by atoms with E-state index in [1.54, 1.807) is 27.5 Å². The third kappa shape index (κ3) is 4.82.